The van der Waals surface area contributed by atoms with Crippen LogP contribution in [0.15, 0.2) is 42.5 Å². The van der Waals surface area contributed by atoms with Crippen LogP contribution in [0.2, 0.25) is 5.02 Å². The summed E-state index contributed by atoms with van der Waals surface area (Å²) in [6.45, 7) is 2.34. The van der Waals surface area contributed by atoms with E-state index in [2.05, 4.69) is 10.6 Å². The molecule has 2 amide bonds. The number of morpholine rings is 1. The van der Waals surface area contributed by atoms with Crippen LogP contribution < -0.4 is 15.4 Å². The van der Waals surface area contributed by atoms with E-state index in [1.807, 2.05) is 6.07 Å². The SMILES string of the molecule is COc1ccc(NC(=O)CNc2cccc(C(=O)N3CCOCC3)c2)cc1Cl. The van der Waals surface area contributed by atoms with Gasteiger partial charge in [-0.3, -0.25) is 9.59 Å². The number of hydrogen-bond acceptors (Lipinski definition) is 5. The van der Waals surface area contributed by atoms with E-state index >= 15 is 0 Å². The van der Waals surface area contributed by atoms with E-state index in [-0.39, 0.29) is 18.4 Å². The van der Waals surface area contributed by atoms with Gasteiger partial charge in [-0.1, -0.05) is 17.7 Å². The third-order valence-corrected chi connectivity index (χ3v) is 4.59. The van der Waals surface area contributed by atoms with Gasteiger partial charge in [0, 0.05) is 30.0 Å². The molecular formula is C20H22ClN3O4. The van der Waals surface area contributed by atoms with Gasteiger partial charge in [0.05, 0.1) is 31.9 Å². The lowest BCUT2D eigenvalue weighted by atomic mass is 10.1. The minimum absolute atomic E-state index is 0.0377. The molecule has 0 aromatic heterocycles. The van der Waals surface area contributed by atoms with Crippen LogP contribution in [0.5, 0.6) is 5.75 Å². The number of ether oxygens (including phenoxy) is 2. The molecule has 2 aromatic rings. The predicted octanol–water partition coefficient (Wildman–Crippen LogP) is 2.87. The summed E-state index contributed by atoms with van der Waals surface area (Å²) < 4.78 is 10.4. The monoisotopic (exact) mass is 403 g/mol. The van der Waals surface area contributed by atoms with Crippen molar-refractivity contribution in [2.45, 2.75) is 0 Å². The van der Waals surface area contributed by atoms with Crippen molar-refractivity contribution in [3.63, 3.8) is 0 Å². The summed E-state index contributed by atoms with van der Waals surface area (Å²) in [5.41, 5.74) is 1.85. The normalized spacial score (nSPS) is 13.7. The first-order valence-corrected chi connectivity index (χ1v) is 9.29. The summed E-state index contributed by atoms with van der Waals surface area (Å²) in [6, 6.07) is 12.1. The van der Waals surface area contributed by atoms with Crippen molar-refractivity contribution < 1.29 is 19.1 Å². The fraction of sp³-hybridized carbons (Fsp3) is 0.300. The average molecular weight is 404 g/mol. The Morgan fingerprint density at radius 1 is 1.14 bits per heavy atom. The Bertz CT molecular complexity index is 853. The van der Waals surface area contributed by atoms with Crippen molar-refractivity contribution >= 4 is 34.8 Å². The van der Waals surface area contributed by atoms with E-state index in [4.69, 9.17) is 21.1 Å². The molecule has 1 aliphatic rings. The highest BCUT2D eigenvalue weighted by Gasteiger charge is 2.18. The number of carbonyl (C=O) groups is 2. The molecule has 0 atom stereocenters. The zero-order valence-corrected chi connectivity index (χ0v) is 16.3. The number of nitrogens with zero attached hydrogens (tertiary/aromatic N) is 1. The fourth-order valence-corrected chi connectivity index (χ4v) is 3.10. The van der Waals surface area contributed by atoms with Crippen LogP contribution >= 0.6 is 11.6 Å². The maximum absolute atomic E-state index is 12.6. The molecule has 0 spiro atoms. The molecule has 8 heteroatoms. The van der Waals surface area contributed by atoms with Gasteiger partial charge in [-0.05, 0) is 36.4 Å². The zero-order valence-electron chi connectivity index (χ0n) is 15.5. The number of benzene rings is 2. The van der Waals surface area contributed by atoms with Gasteiger partial charge in [0.2, 0.25) is 5.91 Å². The van der Waals surface area contributed by atoms with E-state index < -0.39 is 0 Å². The molecule has 2 N–H and O–H groups in total. The number of halogens is 1. The van der Waals surface area contributed by atoms with Crippen LogP contribution in [0.25, 0.3) is 0 Å². The number of carbonyl (C=O) groups excluding carboxylic acids is 2. The van der Waals surface area contributed by atoms with Gasteiger partial charge in [-0.2, -0.15) is 0 Å². The highest BCUT2D eigenvalue weighted by molar-refractivity contribution is 6.32. The maximum atomic E-state index is 12.6. The number of anilines is 2. The second-order valence-corrected chi connectivity index (χ2v) is 6.64. The first kappa shape index (κ1) is 20.0. The lowest BCUT2D eigenvalue weighted by Crippen LogP contribution is -2.40. The van der Waals surface area contributed by atoms with Crippen molar-refractivity contribution in [3.05, 3.63) is 53.1 Å². The van der Waals surface area contributed by atoms with Crippen molar-refractivity contribution in [1.82, 2.24) is 4.90 Å². The van der Waals surface area contributed by atoms with Crippen LogP contribution in [0, 0.1) is 0 Å². The summed E-state index contributed by atoms with van der Waals surface area (Å²) in [7, 11) is 1.53. The molecule has 1 aliphatic heterocycles. The molecule has 0 radical (unpaired) electrons. The quantitative estimate of drug-likeness (QED) is 0.775. The first-order valence-electron chi connectivity index (χ1n) is 8.91. The first-order chi connectivity index (χ1) is 13.6. The van der Waals surface area contributed by atoms with E-state index in [9.17, 15) is 9.59 Å². The topological polar surface area (TPSA) is 79.9 Å². The molecule has 28 heavy (non-hydrogen) atoms. The molecule has 0 saturated carbocycles. The molecule has 1 fully saturated rings. The van der Waals surface area contributed by atoms with Gasteiger partial charge in [0.25, 0.3) is 5.91 Å². The van der Waals surface area contributed by atoms with Crippen molar-refractivity contribution in [3.8, 4) is 5.75 Å². The van der Waals surface area contributed by atoms with Gasteiger partial charge in [-0.25, -0.2) is 0 Å². The van der Waals surface area contributed by atoms with Crippen molar-refractivity contribution in [1.29, 1.82) is 0 Å². The second kappa shape index (κ2) is 9.43. The van der Waals surface area contributed by atoms with Crippen molar-refractivity contribution in [2.24, 2.45) is 0 Å². The smallest absolute Gasteiger partial charge is 0.254 e. The molecule has 0 bridgehead atoms. The lowest BCUT2D eigenvalue weighted by Gasteiger charge is -2.27. The predicted molar refractivity (Wildman–Crippen MR) is 108 cm³/mol. The zero-order chi connectivity index (χ0) is 19.9. The largest absolute Gasteiger partial charge is 0.495 e. The van der Waals surface area contributed by atoms with E-state index in [0.29, 0.717) is 54.0 Å². The molecule has 1 heterocycles. The Morgan fingerprint density at radius 2 is 1.93 bits per heavy atom. The second-order valence-electron chi connectivity index (χ2n) is 6.24. The third kappa shape index (κ3) is 5.15. The van der Waals surface area contributed by atoms with Gasteiger partial charge < -0.3 is 25.0 Å². The Morgan fingerprint density at radius 3 is 2.64 bits per heavy atom. The van der Waals surface area contributed by atoms with E-state index in [1.54, 1.807) is 41.3 Å². The summed E-state index contributed by atoms with van der Waals surface area (Å²) in [4.78, 5) is 26.5. The number of hydrogen-bond donors (Lipinski definition) is 2. The third-order valence-electron chi connectivity index (χ3n) is 4.30. The van der Waals surface area contributed by atoms with Crippen LogP contribution in [0.3, 0.4) is 0 Å². The molecule has 0 aliphatic carbocycles. The molecule has 1 saturated heterocycles. The molecular weight excluding hydrogens is 382 g/mol. The average Bonchev–Trinajstić information content (AvgIpc) is 2.73. The minimum atomic E-state index is -0.230. The van der Waals surface area contributed by atoms with Gasteiger partial charge in [-0.15, -0.1) is 0 Å². The minimum Gasteiger partial charge on any atom is -0.495 e. The summed E-state index contributed by atoms with van der Waals surface area (Å²) in [6.07, 6.45) is 0. The Balaban J connectivity index is 1.56. The highest BCUT2D eigenvalue weighted by atomic mass is 35.5. The Hall–Kier alpha value is -2.77. The molecule has 3 rings (SSSR count). The van der Waals surface area contributed by atoms with Crippen molar-refractivity contribution in [2.75, 3.05) is 50.6 Å². The molecule has 7 nitrogen and oxygen atoms in total. The fourth-order valence-electron chi connectivity index (χ4n) is 2.84. The molecule has 0 unspecified atom stereocenters. The van der Waals surface area contributed by atoms with Gasteiger partial charge in [0.1, 0.15) is 5.75 Å². The highest BCUT2D eigenvalue weighted by Crippen LogP contribution is 2.27. The maximum Gasteiger partial charge on any atom is 0.254 e. The number of rotatable bonds is 6. The van der Waals surface area contributed by atoms with Gasteiger partial charge in [0.15, 0.2) is 0 Å². The van der Waals surface area contributed by atoms with E-state index in [1.165, 1.54) is 7.11 Å². The lowest BCUT2D eigenvalue weighted by molar-refractivity contribution is -0.114. The van der Waals surface area contributed by atoms with Crippen LogP contribution in [-0.4, -0.2) is 56.7 Å². The van der Waals surface area contributed by atoms with Crippen LogP contribution in [-0.2, 0) is 9.53 Å². The Labute approximate surface area is 168 Å². The standard InChI is InChI=1S/C20H22ClN3O4/c1-27-18-6-5-16(12-17(18)21)23-19(25)13-22-15-4-2-3-14(11-15)20(26)24-7-9-28-10-8-24/h2-6,11-12,22H,7-10,13H2,1H3,(H,23,25). The van der Waals surface area contributed by atoms with Crippen LogP contribution in [0.1, 0.15) is 10.4 Å². The molecule has 2 aromatic carbocycles. The van der Waals surface area contributed by atoms with E-state index in [0.717, 1.165) is 0 Å². The number of nitrogens with one attached hydrogen (secondary N) is 2. The number of methoxy groups -OCH3 is 1. The van der Waals surface area contributed by atoms with Gasteiger partial charge >= 0.3 is 0 Å². The Kier molecular flexibility index (Phi) is 6.73. The summed E-state index contributed by atoms with van der Waals surface area (Å²) in [5.74, 6) is 0.273. The molecule has 148 valence electrons. The summed E-state index contributed by atoms with van der Waals surface area (Å²) in [5, 5.41) is 6.22. The summed E-state index contributed by atoms with van der Waals surface area (Å²) >= 11 is 6.06. The van der Waals surface area contributed by atoms with Crippen LogP contribution in [0.4, 0.5) is 11.4 Å². The number of amides is 2.